The van der Waals surface area contributed by atoms with Crippen LogP contribution in [0.1, 0.15) is 34.3 Å². The Kier molecular flexibility index (Phi) is 4.70. The molecule has 2 aromatic carbocycles. The van der Waals surface area contributed by atoms with Crippen LogP contribution in [0.15, 0.2) is 54.6 Å². The van der Waals surface area contributed by atoms with Crippen LogP contribution in [0.3, 0.4) is 0 Å². The van der Waals surface area contributed by atoms with Crippen LogP contribution in [0.5, 0.6) is 0 Å². The molecular weight excluding hydrogens is 306 g/mol. The fourth-order valence-corrected chi connectivity index (χ4v) is 2.40. The molecule has 1 amide bonds. The average Bonchev–Trinajstić information content (AvgIpc) is 2.63. The number of amides is 1. The SMILES string of the molecule is O=C(N[C@H]1CCC1=O)OCc1ccc(C(=O)c2ccccc2)cc1. The van der Waals surface area contributed by atoms with Gasteiger partial charge in [-0.15, -0.1) is 0 Å². The number of carbonyl (C=O) groups excluding carboxylic acids is 3. The number of Topliss-reactive ketones (excluding diaryl/α,β-unsaturated/α-hetero) is 1. The lowest BCUT2D eigenvalue weighted by Crippen LogP contribution is -2.47. The molecule has 1 atom stereocenters. The highest BCUT2D eigenvalue weighted by Gasteiger charge is 2.29. The van der Waals surface area contributed by atoms with E-state index in [1.165, 1.54) is 0 Å². The summed E-state index contributed by atoms with van der Waals surface area (Å²) in [5.74, 6) is -0.0139. The quantitative estimate of drug-likeness (QED) is 0.859. The first-order valence-electron chi connectivity index (χ1n) is 7.78. The van der Waals surface area contributed by atoms with Crippen molar-refractivity contribution >= 4 is 17.7 Å². The van der Waals surface area contributed by atoms with E-state index < -0.39 is 12.1 Å². The second kappa shape index (κ2) is 7.08. The minimum absolute atomic E-state index is 0.0377. The Hall–Kier alpha value is -2.95. The Morgan fingerprint density at radius 1 is 1.00 bits per heavy atom. The standard InChI is InChI=1S/C19H17NO4/c21-17-11-10-16(17)20-19(23)24-12-13-6-8-15(9-7-13)18(22)14-4-2-1-3-5-14/h1-9,16H,10-12H2,(H,20,23)/t16-/m0/s1. The maximum Gasteiger partial charge on any atom is 0.408 e. The molecule has 3 rings (SSSR count). The highest BCUT2D eigenvalue weighted by molar-refractivity contribution is 6.08. The summed E-state index contributed by atoms with van der Waals surface area (Å²) < 4.78 is 5.08. The van der Waals surface area contributed by atoms with E-state index in [1.54, 1.807) is 36.4 Å². The molecule has 0 aliphatic heterocycles. The Bertz CT molecular complexity index is 753. The molecule has 1 aliphatic carbocycles. The van der Waals surface area contributed by atoms with Gasteiger partial charge in [0.25, 0.3) is 0 Å². The summed E-state index contributed by atoms with van der Waals surface area (Å²) in [6.07, 6.45) is 0.587. The van der Waals surface area contributed by atoms with E-state index >= 15 is 0 Å². The minimum atomic E-state index is -0.600. The molecule has 122 valence electrons. The zero-order chi connectivity index (χ0) is 16.9. The fraction of sp³-hybridized carbons (Fsp3) is 0.211. The topological polar surface area (TPSA) is 72.5 Å². The van der Waals surface area contributed by atoms with Crippen LogP contribution in [-0.2, 0) is 16.1 Å². The van der Waals surface area contributed by atoms with Crippen molar-refractivity contribution in [1.82, 2.24) is 5.32 Å². The average molecular weight is 323 g/mol. The largest absolute Gasteiger partial charge is 0.445 e. The first kappa shape index (κ1) is 15.9. The van der Waals surface area contributed by atoms with Gasteiger partial charge < -0.3 is 10.1 Å². The molecule has 0 spiro atoms. The highest BCUT2D eigenvalue weighted by atomic mass is 16.5. The molecule has 0 heterocycles. The van der Waals surface area contributed by atoms with Crippen LogP contribution < -0.4 is 5.32 Å². The molecule has 24 heavy (non-hydrogen) atoms. The lowest BCUT2D eigenvalue weighted by molar-refractivity contribution is -0.126. The Morgan fingerprint density at radius 3 is 2.25 bits per heavy atom. The molecule has 0 radical (unpaired) electrons. The number of alkyl carbamates (subject to hydrolysis) is 1. The Balaban J connectivity index is 1.54. The molecule has 5 heteroatoms. The van der Waals surface area contributed by atoms with Crippen LogP contribution in [0.25, 0.3) is 0 Å². The predicted molar refractivity (Wildman–Crippen MR) is 87.7 cm³/mol. The number of hydrogen-bond acceptors (Lipinski definition) is 4. The van der Waals surface area contributed by atoms with Gasteiger partial charge in [-0.05, 0) is 12.0 Å². The second-order valence-corrected chi connectivity index (χ2v) is 5.67. The van der Waals surface area contributed by atoms with Gasteiger partial charge in [0.15, 0.2) is 11.6 Å². The number of hydrogen-bond donors (Lipinski definition) is 1. The minimum Gasteiger partial charge on any atom is -0.445 e. The third-order valence-electron chi connectivity index (χ3n) is 3.98. The highest BCUT2D eigenvalue weighted by Crippen LogP contribution is 2.14. The van der Waals surface area contributed by atoms with Gasteiger partial charge in [-0.3, -0.25) is 9.59 Å². The smallest absolute Gasteiger partial charge is 0.408 e. The normalized spacial score (nSPS) is 16.2. The van der Waals surface area contributed by atoms with Crippen molar-refractivity contribution < 1.29 is 19.1 Å². The van der Waals surface area contributed by atoms with E-state index in [0.717, 1.165) is 5.56 Å². The van der Waals surface area contributed by atoms with Crippen molar-refractivity contribution in [1.29, 1.82) is 0 Å². The number of nitrogens with one attached hydrogen (secondary N) is 1. The number of benzene rings is 2. The molecule has 1 saturated carbocycles. The third kappa shape index (κ3) is 3.68. The van der Waals surface area contributed by atoms with Crippen molar-refractivity contribution in [2.75, 3.05) is 0 Å². The van der Waals surface area contributed by atoms with E-state index in [2.05, 4.69) is 5.32 Å². The van der Waals surface area contributed by atoms with Crippen LogP contribution in [0.2, 0.25) is 0 Å². The van der Waals surface area contributed by atoms with Crippen molar-refractivity contribution in [3.05, 3.63) is 71.3 Å². The molecule has 2 aromatic rings. The zero-order valence-corrected chi connectivity index (χ0v) is 13.0. The van der Waals surface area contributed by atoms with Gasteiger partial charge in [0.2, 0.25) is 0 Å². The molecule has 1 fully saturated rings. The van der Waals surface area contributed by atoms with E-state index in [9.17, 15) is 14.4 Å². The van der Waals surface area contributed by atoms with Gasteiger partial charge in [0, 0.05) is 17.5 Å². The Morgan fingerprint density at radius 2 is 1.67 bits per heavy atom. The van der Waals surface area contributed by atoms with Crippen LogP contribution in [0, 0.1) is 0 Å². The summed E-state index contributed by atoms with van der Waals surface area (Å²) in [6, 6.07) is 15.6. The first-order valence-corrected chi connectivity index (χ1v) is 7.78. The maximum absolute atomic E-state index is 12.3. The van der Waals surface area contributed by atoms with Gasteiger partial charge >= 0.3 is 6.09 Å². The van der Waals surface area contributed by atoms with Gasteiger partial charge in [0.1, 0.15) is 6.61 Å². The predicted octanol–water partition coefficient (Wildman–Crippen LogP) is 2.88. The molecule has 5 nitrogen and oxygen atoms in total. The van der Waals surface area contributed by atoms with Gasteiger partial charge in [0.05, 0.1) is 6.04 Å². The monoisotopic (exact) mass is 323 g/mol. The summed E-state index contributed by atoms with van der Waals surface area (Å²) >= 11 is 0. The van der Waals surface area contributed by atoms with Crippen LogP contribution >= 0.6 is 0 Å². The van der Waals surface area contributed by atoms with Gasteiger partial charge in [-0.1, -0.05) is 54.6 Å². The third-order valence-corrected chi connectivity index (χ3v) is 3.98. The van der Waals surface area contributed by atoms with Crippen molar-refractivity contribution in [3.8, 4) is 0 Å². The summed E-state index contributed by atoms with van der Waals surface area (Å²) in [6.45, 7) is 0.0898. The Labute approximate surface area is 139 Å². The lowest BCUT2D eigenvalue weighted by Gasteiger charge is -2.24. The summed E-state index contributed by atoms with van der Waals surface area (Å²) in [5.41, 5.74) is 1.98. The van der Waals surface area contributed by atoms with E-state index in [-0.39, 0.29) is 18.2 Å². The van der Waals surface area contributed by atoms with Crippen LogP contribution in [0.4, 0.5) is 4.79 Å². The molecule has 1 N–H and O–H groups in total. The number of ether oxygens (including phenoxy) is 1. The molecule has 0 aromatic heterocycles. The lowest BCUT2D eigenvalue weighted by atomic mass is 9.91. The summed E-state index contributed by atoms with van der Waals surface area (Å²) in [4.78, 5) is 35.0. The zero-order valence-electron chi connectivity index (χ0n) is 13.0. The maximum atomic E-state index is 12.3. The molecule has 0 bridgehead atoms. The van der Waals surface area contributed by atoms with Crippen LogP contribution in [-0.4, -0.2) is 23.7 Å². The molecule has 0 saturated heterocycles. The summed E-state index contributed by atoms with van der Waals surface area (Å²) in [7, 11) is 0. The fourth-order valence-electron chi connectivity index (χ4n) is 2.40. The number of carbonyl (C=O) groups is 3. The number of ketones is 2. The van der Waals surface area contributed by atoms with E-state index in [1.807, 2.05) is 18.2 Å². The summed E-state index contributed by atoms with van der Waals surface area (Å²) in [5, 5.41) is 2.52. The molecule has 0 unspecified atom stereocenters. The first-order chi connectivity index (χ1) is 11.6. The van der Waals surface area contributed by atoms with Crippen molar-refractivity contribution in [2.45, 2.75) is 25.5 Å². The van der Waals surface area contributed by atoms with E-state index in [0.29, 0.717) is 24.0 Å². The van der Waals surface area contributed by atoms with Gasteiger partial charge in [-0.25, -0.2) is 4.79 Å². The van der Waals surface area contributed by atoms with E-state index in [4.69, 9.17) is 4.74 Å². The van der Waals surface area contributed by atoms with Gasteiger partial charge in [-0.2, -0.15) is 0 Å². The number of rotatable bonds is 5. The molecule has 1 aliphatic rings. The van der Waals surface area contributed by atoms with Crippen molar-refractivity contribution in [2.24, 2.45) is 0 Å². The van der Waals surface area contributed by atoms with Crippen molar-refractivity contribution in [3.63, 3.8) is 0 Å². The molecular formula is C19H17NO4. The second-order valence-electron chi connectivity index (χ2n) is 5.67.